The largest absolute Gasteiger partial charge is 0.497 e. The lowest BCUT2D eigenvalue weighted by atomic mass is 10.2. The lowest BCUT2D eigenvalue weighted by Crippen LogP contribution is -2.13. The van der Waals surface area contributed by atoms with Crippen LogP contribution in [0.1, 0.15) is 27.9 Å². The maximum absolute atomic E-state index is 12.1. The second-order valence-electron chi connectivity index (χ2n) is 4.36. The summed E-state index contributed by atoms with van der Waals surface area (Å²) >= 11 is 0. The number of ether oxygens (including phenoxy) is 2. The highest BCUT2D eigenvalue weighted by Crippen LogP contribution is 2.29. The number of methoxy groups -OCH3 is 2. The molecule has 2 rings (SSSR count). The fraction of sp³-hybridized carbons (Fsp3) is 0.200. The van der Waals surface area contributed by atoms with Gasteiger partial charge in [-0.3, -0.25) is 9.59 Å². The van der Waals surface area contributed by atoms with Gasteiger partial charge in [-0.2, -0.15) is 0 Å². The predicted molar refractivity (Wildman–Crippen MR) is 78.3 cm³/mol. The van der Waals surface area contributed by atoms with Gasteiger partial charge in [0.2, 0.25) is 0 Å². The molecule has 2 N–H and O–H groups in total. The number of carbonyl (C=O) groups excluding carboxylic acids is 2. The summed E-state index contributed by atoms with van der Waals surface area (Å²) in [5.41, 5.74) is 1.21. The first-order valence-electron chi connectivity index (χ1n) is 6.28. The van der Waals surface area contributed by atoms with Crippen LogP contribution in [0.15, 0.2) is 30.3 Å². The van der Waals surface area contributed by atoms with Crippen LogP contribution >= 0.6 is 0 Å². The lowest BCUT2D eigenvalue weighted by molar-refractivity contribution is 0.101. The first kappa shape index (κ1) is 14.6. The minimum absolute atomic E-state index is 0.129. The van der Waals surface area contributed by atoms with E-state index < -0.39 is 0 Å². The summed E-state index contributed by atoms with van der Waals surface area (Å²) < 4.78 is 10.3. The molecule has 1 aromatic carbocycles. The number of nitrogens with one attached hydrogen (secondary N) is 2. The number of Topliss-reactive ketones (excluding diaryl/α,β-unsaturated/α-hetero) is 1. The van der Waals surface area contributed by atoms with Gasteiger partial charge in [-0.1, -0.05) is 0 Å². The van der Waals surface area contributed by atoms with Crippen molar-refractivity contribution in [1.82, 2.24) is 4.98 Å². The number of ketones is 1. The molecule has 0 spiro atoms. The molecule has 2 aromatic rings. The van der Waals surface area contributed by atoms with Gasteiger partial charge in [0.25, 0.3) is 5.91 Å². The second-order valence-corrected chi connectivity index (χ2v) is 4.36. The van der Waals surface area contributed by atoms with E-state index in [0.717, 1.165) is 0 Å². The van der Waals surface area contributed by atoms with Crippen molar-refractivity contribution in [1.29, 1.82) is 0 Å². The topological polar surface area (TPSA) is 80.4 Å². The van der Waals surface area contributed by atoms with Gasteiger partial charge in [0.15, 0.2) is 5.78 Å². The fourth-order valence-corrected chi connectivity index (χ4v) is 1.82. The quantitative estimate of drug-likeness (QED) is 0.828. The highest BCUT2D eigenvalue weighted by Gasteiger charge is 2.13. The number of aromatic nitrogens is 1. The SMILES string of the molecule is COc1ccc(NC(=O)c2ccc(C(C)=O)[nH]2)c(OC)c1. The number of hydrogen-bond acceptors (Lipinski definition) is 4. The molecule has 0 saturated heterocycles. The molecule has 1 aromatic heterocycles. The Morgan fingerprint density at radius 2 is 1.76 bits per heavy atom. The minimum atomic E-state index is -0.356. The van der Waals surface area contributed by atoms with Crippen LogP contribution in [-0.4, -0.2) is 30.9 Å². The van der Waals surface area contributed by atoms with E-state index in [2.05, 4.69) is 10.3 Å². The van der Waals surface area contributed by atoms with Gasteiger partial charge in [-0.05, 0) is 24.3 Å². The molecule has 6 nitrogen and oxygen atoms in total. The zero-order valence-electron chi connectivity index (χ0n) is 12.0. The Morgan fingerprint density at radius 3 is 2.33 bits per heavy atom. The predicted octanol–water partition coefficient (Wildman–Crippen LogP) is 2.49. The van der Waals surface area contributed by atoms with Gasteiger partial charge in [0.1, 0.15) is 17.2 Å². The van der Waals surface area contributed by atoms with Crippen molar-refractivity contribution in [3.8, 4) is 11.5 Å². The van der Waals surface area contributed by atoms with E-state index >= 15 is 0 Å². The Balaban J connectivity index is 2.20. The summed E-state index contributed by atoms with van der Waals surface area (Å²) in [6.07, 6.45) is 0. The molecule has 0 bridgehead atoms. The van der Waals surface area contributed by atoms with Gasteiger partial charge >= 0.3 is 0 Å². The van der Waals surface area contributed by atoms with Gasteiger partial charge in [0, 0.05) is 13.0 Å². The van der Waals surface area contributed by atoms with Crippen molar-refractivity contribution in [2.75, 3.05) is 19.5 Å². The van der Waals surface area contributed by atoms with Crippen molar-refractivity contribution in [2.24, 2.45) is 0 Å². The zero-order chi connectivity index (χ0) is 15.4. The molecule has 0 aliphatic heterocycles. The van der Waals surface area contributed by atoms with Crippen LogP contribution in [0.2, 0.25) is 0 Å². The maximum atomic E-state index is 12.1. The summed E-state index contributed by atoms with van der Waals surface area (Å²) in [6, 6.07) is 8.20. The van der Waals surface area contributed by atoms with E-state index in [9.17, 15) is 9.59 Å². The Labute approximate surface area is 122 Å². The Morgan fingerprint density at radius 1 is 1.05 bits per heavy atom. The molecule has 0 unspecified atom stereocenters. The molecular weight excluding hydrogens is 272 g/mol. The maximum Gasteiger partial charge on any atom is 0.272 e. The van der Waals surface area contributed by atoms with Crippen LogP contribution in [0.25, 0.3) is 0 Å². The van der Waals surface area contributed by atoms with Crippen molar-refractivity contribution < 1.29 is 19.1 Å². The molecule has 0 radical (unpaired) electrons. The number of carbonyl (C=O) groups is 2. The van der Waals surface area contributed by atoms with Crippen LogP contribution in [0.5, 0.6) is 11.5 Å². The smallest absolute Gasteiger partial charge is 0.272 e. The van der Waals surface area contributed by atoms with Crippen LogP contribution in [0.3, 0.4) is 0 Å². The molecule has 1 amide bonds. The van der Waals surface area contributed by atoms with Crippen LogP contribution in [0.4, 0.5) is 5.69 Å². The van der Waals surface area contributed by atoms with Crippen LogP contribution in [-0.2, 0) is 0 Å². The van der Waals surface area contributed by atoms with Crippen molar-refractivity contribution >= 4 is 17.4 Å². The standard InChI is InChI=1S/C15H16N2O4/c1-9(18)11-6-7-13(16-11)15(19)17-12-5-4-10(20-2)8-14(12)21-3/h4-8,16H,1-3H3,(H,17,19). The molecule has 1 heterocycles. The number of rotatable bonds is 5. The van der Waals surface area contributed by atoms with Gasteiger partial charge in [0.05, 0.1) is 25.6 Å². The van der Waals surface area contributed by atoms with E-state index in [1.165, 1.54) is 14.0 Å². The third kappa shape index (κ3) is 3.22. The molecule has 0 aliphatic rings. The number of H-pyrrole nitrogens is 1. The molecule has 0 atom stereocenters. The summed E-state index contributed by atoms with van der Waals surface area (Å²) in [5, 5.41) is 2.72. The Bertz CT molecular complexity index is 676. The molecule has 0 aliphatic carbocycles. The minimum Gasteiger partial charge on any atom is -0.497 e. The lowest BCUT2D eigenvalue weighted by Gasteiger charge is -2.11. The van der Waals surface area contributed by atoms with Gasteiger partial charge in [-0.15, -0.1) is 0 Å². The third-order valence-corrected chi connectivity index (χ3v) is 2.97. The monoisotopic (exact) mass is 288 g/mol. The first-order chi connectivity index (χ1) is 10.0. The van der Waals surface area contributed by atoms with Gasteiger partial charge in [-0.25, -0.2) is 0 Å². The summed E-state index contributed by atoms with van der Waals surface area (Å²) in [4.78, 5) is 26.1. The number of anilines is 1. The van der Waals surface area contributed by atoms with Crippen LogP contribution in [0, 0.1) is 0 Å². The molecule has 110 valence electrons. The summed E-state index contributed by atoms with van der Waals surface area (Å²) in [7, 11) is 3.06. The summed E-state index contributed by atoms with van der Waals surface area (Å²) in [6.45, 7) is 1.43. The van der Waals surface area contributed by atoms with Crippen molar-refractivity contribution in [3.63, 3.8) is 0 Å². The average molecular weight is 288 g/mol. The summed E-state index contributed by atoms with van der Waals surface area (Å²) in [5.74, 6) is 0.631. The van der Waals surface area contributed by atoms with E-state index in [-0.39, 0.29) is 11.7 Å². The Kier molecular flexibility index (Phi) is 4.27. The van der Waals surface area contributed by atoms with Crippen molar-refractivity contribution in [3.05, 3.63) is 41.7 Å². The third-order valence-electron chi connectivity index (χ3n) is 2.97. The highest BCUT2D eigenvalue weighted by molar-refractivity contribution is 6.05. The number of amides is 1. The molecule has 0 fully saturated rings. The zero-order valence-corrected chi connectivity index (χ0v) is 12.0. The number of hydrogen-bond donors (Lipinski definition) is 2. The molecular formula is C15H16N2O4. The molecule has 6 heteroatoms. The van der Waals surface area contributed by atoms with Crippen molar-refractivity contribution in [2.45, 2.75) is 6.92 Å². The molecule has 21 heavy (non-hydrogen) atoms. The Hall–Kier alpha value is -2.76. The van der Waals surface area contributed by atoms with Gasteiger partial charge < -0.3 is 19.8 Å². The normalized spacial score (nSPS) is 10.0. The van der Waals surface area contributed by atoms with E-state index in [1.54, 1.807) is 37.4 Å². The average Bonchev–Trinajstić information content (AvgIpc) is 2.97. The van der Waals surface area contributed by atoms with Crippen LogP contribution < -0.4 is 14.8 Å². The molecule has 0 saturated carbocycles. The van der Waals surface area contributed by atoms with E-state index in [4.69, 9.17) is 9.47 Å². The van der Waals surface area contributed by atoms with E-state index in [0.29, 0.717) is 28.6 Å². The first-order valence-corrected chi connectivity index (χ1v) is 6.28. The second kappa shape index (κ2) is 6.13. The fourth-order valence-electron chi connectivity index (χ4n) is 1.82. The number of aromatic amines is 1. The highest BCUT2D eigenvalue weighted by atomic mass is 16.5. The number of benzene rings is 1. The van der Waals surface area contributed by atoms with E-state index in [1.807, 2.05) is 0 Å².